The summed E-state index contributed by atoms with van der Waals surface area (Å²) in [4.78, 5) is 0. The monoisotopic (exact) mass is 450 g/mol. The van der Waals surface area contributed by atoms with E-state index in [4.69, 9.17) is 9.31 Å². The zero-order valence-corrected chi connectivity index (χ0v) is 13.2. The first-order valence-corrected chi connectivity index (χ1v) is 7.18. The first kappa shape index (κ1) is 13.0. The molecule has 86 valence electrons. The molecule has 0 heterocycles. The van der Waals surface area contributed by atoms with E-state index in [1.807, 2.05) is 48.5 Å². The van der Waals surface area contributed by atoms with Crippen LogP contribution in [0.1, 0.15) is 0 Å². The fourth-order valence-electron chi connectivity index (χ4n) is 1.28. The first-order chi connectivity index (χ1) is 8.27. The third kappa shape index (κ3) is 3.77. The van der Waals surface area contributed by atoms with Crippen LogP contribution in [0.5, 0.6) is 11.5 Å². The van der Waals surface area contributed by atoms with Crippen molar-refractivity contribution >= 4 is 52.9 Å². The van der Waals surface area contributed by atoms with E-state index >= 15 is 0 Å². The molecule has 0 aliphatic carbocycles. The van der Waals surface area contributed by atoms with Gasteiger partial charge >= 0.3 is 7.69 Å². The number of hydrogen-bond donors (Lipinski definition) is 0. The van der Waals surface area contributed by atoms with Crippen molar-refractivity contribution in [1.29, 1.82) is 0 Å². The van der Waals surface area contributed by atoms with E-state index in [2.05, 4.69) is 45.2 Å². The molecular formula is C12H9BI2O2. The summed E-state index contributed by atoms with van der Waals surface area (Å²) in [5, 5.41) is 0. The molecule has 2 aromatic rings. The van der Waals surface area contributed by atoms with Crippen molar-refractivity contribution in [3.63, 3.8) is 0 Å². The third-order valence-corrected chi connectivity index (χ3v) is 3.88. The molecule has 0 spiro atoms. The fourth-order valence-corrected chi connectivity index (χ4v) is 2.37. The molecule has 0 bridgehead atoms. The van der Waals surface area contributed by atoms with Gasteiger partial charge in [-0.3, -0.25) is 0 Å². The Morgan fingerprint density at radius 1 is 0.706 bits per heavy atom. The van der Waals surface area contributed by atoms with Crippen molar-refractivity contribution in [2.24, 2.45) is 0 Å². The van der Waals surface area contributed by atoms with Crippen LogP contribution in [0.15, 0.2) is 48.5 Å². The van der Waals surface area contributed by atoms with Crippen LogP contribution >= 0.6 is 45.2 Å². The zero-order valence-electron chi connectivity index (χ0n) is 8.90. The van der Waals surface area contributed by atoms with E-state index in [0.717, 1.165) is 18.6 Å². The molecule has 0 unspecified atom stereocenters. The Balaban J connectivity index is 1.93. The van der Waals surface area contributed by atoms with Crippen molar-refractivity contribution in [2.75, 3.05) is 0 Å². The molecule has 2 rings (SSSR count). The van der Waals surface area contributed by atoms with E-state index in [0.29, 0.717) is 0 Å². The van der Waals surface area contributed by atoms with Gasteiger partial charge in [0.15, 0.2) is 0 Å². The second-order valence-electron chi connectivity index (χ2n) is 3.27. The predicted octanol–water partition coefficient (Wildman–Crippen LogP) is 3.62. The number of hydrogen-bond acceptors (Lipinski definition) is 2. The SMILES string of the molecule is Ic1ccccc1OBOc1ccccc1I. The number of halogens is 2. The van der Waals surface area contributed by atoms with Gasteiger partial charge in [0.1, 0.15) is 11.5 Å². The van der Waals surface area contributed by atoms with Gasteiger partial charge in [-0.25, -0.2) is 0 Å². The Bertz CT molecular complexity index is 460. The summed E-state index contributed by atoms with van der Waals surface area (Å²) in [6, 6.07) is 15.7. The molecule has 17 heavy (non-hydrogen) atoms. The fraction of sp³-hybridized carbons (Fsp3) is 0. The van der Waals surface area contributed by atoms with Crippen LogP contribution in [0.25, 0.3) is 0 Å². The Hall–Kier alpha value is -0.435. The van der Waals surface area contributed by atoms with Crippen LogP contribution in [0.3, 0.4) is 0 Å². The summed E-state index contributed by atoms with van der Waals surface area (Å²) < 4.78 is 13.3. The van der Waals surface area contributed by atoms with Gasteiger partial charge in [-0.15, -0.1) is 0 Å². The molecule has 0 fully saturated rings. The highest BCUT2D eigenvalue weighted by atomic mass is 127. The van der Waals surface area contributed by atoms with Gasteiger partial charge in [-0.2, -0.15) is 0 Å². The smallest absolute Gasteiger partial charge is 0.528 e. The quantitative estimate of drug-likeness (QED) is 0.524. The maximum atomic E-state index is 5.56. The second kappa shape index (κ2) is 6.48. The minimum Gasteiger partial charge on any atom is -0.528 e. The Morgan fingerprint density at radius 2 is 1.12 bits per heavy atom. The third-order valence-electron chi connectivity index (χ3n) is 2.10. The average molecular weight is 450 g/mol. The molecule has 5 heteroatoms. The minimum absolute atomic E-state index is 0.222. The molecule has 0 aliphatic heterocycles. The van der Waals surface area contributed by atoms with Crippen molar-refractivity contribution in [3.8, 4) is 11.5 Å². The highest BCUT2D eigenvalue weighted by Gasteiger charge is 2.04. The Morgan fingerprint density at radius 3 is 1.53 bits per heavy atom. The van der Waals surface area contributed by atoms with Gasteiger partial charge in [0.2, 0.25) is 0 Å². The molecule has 0 atom stereocenters. The highest BCUT2D eigenvalue weighted by molar-refractivity contribution is 14.1. The zero-order chi connectivity index (χ0) is 12.1. The van der Waals surface area contributed by atoms with Crippen LogP contribution in [-0.4, -0.2) is 7.69 Å². The van der Waals surface area contributed by atoms with E-state index < -0.39 is 0 Å². The van der Waals surface area contributed by atoms with Crippen LogP contribution in [-0.2, 0) is 0 Å². The average Bonchev–Trinajstić information content (AvgIpc) is 2.34. The van der Waals surface area contributed by atoms with Crippen molar-refractivity contribution in [1.82, 2.24) is 0 Å². The predicted molar refractivity (Wildman–Crippen MR) is 86.7 cm³/mol. The summed E-state index contributed by atoms with van der Waals surface area (Å²) in [5.41, 5.74) is 0. The maximum Gasteiger partial charge on any atom is 0.576 e. The summed E-state index contributed by atoms with van der Waals surface area (Å²) in [6.45, 7) is 0. The van der Waals surface area contributed by atoms with Gasteiger partial charge in [-0.1, -0.05) is 24.3 Å². The molecular weight excluding hydrogens is 441 g/mol. The lowest BCUT2D eigenvalue weighted by Gasteiger charge is -2.09. The molecule has 2 aromatic carbocycles. The Labute approximate surface area is 128 Å². The van der Waals surface area contributed by atoms with Crippen LogP contribution in [0, 0.1) is 7.14 Å². The van der Waals surface area contributed by atoms with E-state index in [9.17, 15) is 0 Å². The summed E-state index contributed by atoms with van der Waals surface area (Å²) in [6.07, 6.45) is 0. The highest BCUT2D eigenvalue weighted by Crippen LogP contribution is 2.21. The lowest BCUT2D eigenvalue weighted by Crippen LogP contribution is -2.12. The topological polar surface area (TPSA) is 18.5 Å². The molecule has 0 saturated carbocycles. The minimum atomic E-state index is 0.222. The van der Waals surface area contributed by atoms with Gasteiger partial charge in [-0.05, 0) is 69.4 Å². The Kier molecular flexibility index (Phi) is 4.96. The number of benzene rings is 2. The van der Waals surface area contributed by atoms with E-state index in [-0.39, 0.29) is 7.69 Å². The summed E-state index contributed by atoms with van der Waals surface area (Å²) >= 11 is 4.48. The first-order valence-electron chi connectivity index (χ1n) is 5.02. The van der Waals surface area contributed by atoms with Gasteiger partial charge in [0.25, 0.3) is 0 Å². The summed E-state index contributed by atoms with van der Waals surface area (Å²) in [7, 11) is 0.222. The molecule has 0 aromatic heterocycles. The second-order valence-corrected chi connectivity index (χ2v) is 5.59. The van der Waals surface area contributed by atoms with Crippen molar-refractivity contribution < 1.29 is 9.31 Å². The number of para-hydroxylation sites is 2. The lowest BCUT2D eigenvalue weighted by atomic mass is 10.3. The van der Waals surface area contributed by atoms with Gasteiger partial charge in [0.05, 0.1) is 7.14 Å². The van der Waals surface area contributed by atoms with Crippen LogP contribution in [0.4, 0.5) is 0 Å². The largest absolute Gasteiger partial charge is 0.576 e. The molecule has 2 nitrogen and oxygen atoms in total. The van der Waals surface area contributed by atoms with E-state index in [1.165, 1.54) is 0 Å². The van der Waals surface area contributed by atoms with Gasteiger partial charge in [0, 0.05) is 0 Å². The van der Waals surface area contributed by atoms with Gasteiger partial charge < -0.3 is 9.31 Å². The summed E-state index contributed by atoms with van der Waals surface area (Å²) in [5.74, 6) is 1.69. The molecule has 0 saturated heterocycles. The molecule has 0 amide bonds. The standard InChI is InChI=1S/C12H9BI2O2/c14-9-5-1-3-7-11(9)16-13-17-12-8-4-2-6-10(12)15/h1-8,13H. The normalized spacial score (nSPS) is 9.76. The van der Waals surface area contributed by atoms with E-state index in [1.54, 1.807) is 0 Å². The number of rotatable bonds is 4. The maximum absolute atomic E-state index is 5.56. The lowest BCUT2D eigenvalue weighted by molar-refractivity contribution is 0.455. The van der Waals surface area contributed by atoms with Crippen LogP contribution < -0.4 is 9.31 Å². The molecule has 0 aliphatic rings. The van der Waals surface area contributed by atoms with Crippen molar-refractivity contribution in [3.05, 3.63) is 55.7 Å². The van der Waals surface area contributed by atoms with Crippen molar-refractivity contribution in [2.45, 2.75) is 0 Å². The molecule has 0 radical (unpaired) electrons. The molecule has 0 N–H and O–H groups in total. The van der Waals surface area contributed by atoms with Crippen LogP contribution in [0.2, 0.25) is 0 Å².